The van der Waals surface area contributed by atoms with Crippen LogP contribution in [0.15, 0.2) is 46.8 Å². The second kappa shape index (κ2) is 9.94. The molecule has 4 N–H and O–H groups in total. The molecule has 0 saturated carbocycles. The summed E-state index contributed by atoms with van der Waals surface area (Å²) in [6.45, 7) is 0. The molecule has 186 valence electrons. The van der Waals surface area contributed by atoms with Crippen LogP contribution < -0.4 is 5.32 Å². The minimum absolute atomic E-state index is 0.0285. The summed E-state index contributed by atoms with van der Waals surface area (Å²) in [7, 11) is -4.40. The predicted octanol–water partition coefficient (Wildman–Crippen LogP) is -0.917. The van der Waals surface area contributed by atoms with Gasteiger partial charge in [0.25, 0.3) is 21.9 Å². The fourth-order valence-electron chi connectivity index (χ4n) is 3.50. The molecular weight excluding hydrogens is 524 g/mol. The number of thioether (sulfide) groups is 2. The van der Waals surface area contributed by atoms with Crippen molar-refractivity contribution >= 4 is 51.4 Å². The Morgan fingerprint density at radius 1 is 1.29 bits per heavy atom. The summed E-state index contributed by atoms with van der Waals surface area (Å²) in [4.78, 5) is 38.3. The molecule has 2 aliphatic rings. The van der Waals surface area contributed by atoms with Gasteiger partial charge in [-0.25, -0.2) is 9.48 Å². The third kappa shape index (κ3) is 5.32. The molecule has 0 bridgehead atoms. The highest BCUT2D eigenvalue weighted by atomic mass is 32.2. The quantitative estimate of drug-likeness (QED) is 0.172. The lowest BCUT2D eigenvalue weighted by atomic mass is 10.0. The van der Waals surface area contributed by atoms with Crippen molar-refractivity contribution in [2.45, 2.75) is 28.6 Å². The minimum atomic E-state index is -4.40. The van der Waals surface area contributed by atoms with E-state index in [2.05, 4.69) is 20.8 Å². The van der Waals surface area contributed by atoms with Crippen LogP contribution in [0.25, 0.3) is 0 Å². The number of amides is 2. The molecule has 35 heavy (non-hydrogen) atoms. The molecule has 0 aliphatic carbocycles. The highest BCUT2D eigenvalue weighted by molar-refractivity contribution is 8.01. The number of rotatable bonds is 9. The van der Waals surface area contributed by atoms with E-state index in [1.807, 2.05) is 0 Å². The van der Waals surface area contributed by atoms with Gasteiger partial charge >= 0.3 is 5.97 Å². The molecule has 0 spiro atoms. The van der Waals surface area contributed by atoms with Crippen molar-refractivity contribution in [3.63, 3.8) is 0 Å². The van der Waals surface area contributed by atoms with Gasteiger partial charge in [0.15, 0.2) is 12.0 Å². The molecule has 17 heteroatoms. The van der Waals surface area contributed by atoms with Crippen molar-refractivity contribution in [2.75, 3.05) is 11.5 Å². The normalized spacial score (nSPS) is 20.7. The maximum atomic E-state index is 12.8. The van der Waals surface area contributed by atoms with Crippen molar-refractivity contribution < 1.29 is 37.6 Å². The number of aliphatic hydroxyl groups excluding tert-OH is 1. The van der Waals surface area contributed by atoms with E-state index in [9.17, 15) is 33.0 Å². The number of carboxylic acid groups (broad SMARTS) is 1. The molecule has 0 radical (unpaired) electrons. The molecule has 2 aliphatic heterocycles. The Morgan fingerprint density at radius 3 is 2.66 bits per heavy atom. The number of nitrogens with zero attached hydrogens (tertiary/aromatic N) is 5. The number of carbonyl (C=O) groups is 3. The van der Waals surface area contributed by atoms with Crippen molar-refractivity contribution in [2.24, 2.45) is 0 Å². The van der Waals surface area contributed by atoms with Crippen LogP contribution in [-0.2, 0) is 30.4 Å². The molecule has 1 fully saturated rings. The molecule has 1 aromatic heterocycles. The monoisotopic (exact) mass is 542 g/mol. The highest BCUT2D eigenvalue weighted by Crippen LogP contribution is 2.41. The number of hydrogen-bond donors (Lipinski definition) is 4. The van der Waals surface area contributed by atoms with Crippen LogP contribution in [-0.4, -0.2) is 89.0 Å². The average molecular weight is 543 g/mol. The standard InChI is InChI=1S/C18H18N6O8S3/c25-13(9-4-2-1-3-5-9)14(26)19-11-15(27)24-12(17(28)29)10(6-33-16(11)24)7-34-18-20-21-22-23(18)8-35(30,31)32/h1-5,11,13,16,25H,6-8H2,(H,19,26)(H,28,29)(H,30,31,32)/t11?,13-,16?/m1/s1. The second-order valence-electron chi connectivity index (χ2n) is 7.43. The first-order chi connectivity index (χ1) is 16.6. The van der Waals surface area contributed by atoms with Gasteiger partial charge in [-0.1, -0.05) is 42.1 Å². The van der Waals surface area contributed by atoms with Gasteiger partial charge in [-0.2, -0.15) is 8.42 Å². The first kappa shape index (κ1) is 25.1. The predicted molar refractivity (Wildman–Crippen MR) is 121 cm³/mol. The van der Waals surface area contributed by atoms with E-state index in [1.54, 1.807) is 30.3 Å². The van der Waals surface area contributed by atoms with Gasteiger partial charge in [-0.05, 0) is 21.6 Å². The Balaban J connectivity index is 1.46. The molecule has 3 heterocycles. The summed E-state index contributed by atoms with van der Waals surface area (Å²) in [5.74, 6) is -3.39. The van der Waals surface area contributed by atoms with E-state index in [-0.39, 0.29) is 22.4 Å². The fourth-order valence-corrected chi connectivity index (χ4v) is 6.43. The number of β-lactam (4-membered cyclic amide) rings is 1. The third-order valence-electron chi connectivity index (χ3n) is 5.07. The topological polar surface area (TPSA) is 205 Å². The summed E-state index contributed by atoms with van der Waals surface area (Å²) >= 11 is 2.17. The van der Waals surface area contributed by atoms with Gasteiger partial charge in [0.2, 0.25) is 5.16 Å². The molecule has 14 nitrogen and oxygen atoms in total. The van der Waals surface area contributed by atoms with Crippen molar-refractivity contribution in [1.82, 2.24) is 30.4 Å². The van der Waals surface area contributed by atoms with Gasteiger partial charge in [-0.3, -0.25) is 19.0 Å². The minimum Gasteiger partial charge on any atom is -0.477 e. The Bertz CT molecular complexity index is 1300. The lowest BCUT2D eigenvalue weighted by Gasteiger charge is -2.49. The summed E-state index contributed by atoms with van der Waals surface area (Å²) in [6, 6.07) is 7.17. The van der Waals surface area contributed by atoms with E-state index < -0.39 is 51.3 Å². The largest absolute Gasteiger partial charge is 0.477 e. The first-order valence-corrected chi connectivity index (χ1v) is 13.5. The maximum Gasteiger partial charge on any atom is 0.352 e. The number of carboxylic acids is 1. The maximum absolute atomic E-state index is 12.8. The molecule has 2 unspecified atom stereocenters. The molecule has 2 aromatic rings. The zero-order chi connectivity index (χ0) is 25.3. The highest BCUT2D eigenvalue weighted by Gasteiger charge is 2.54. The Labute approximate surface area is 206 Å². The molecule has 1 saturated heterocycles. The van der Waals surface area contributed by atoms with Gasteiger partial charge < -0.3 is 15.5 Å². The zero-order valence-electron chi connectivity index (χ0n) is 17.6. The number of carbonyl (C=O) groups excluding carboxylic acids is 2. The fraction of sp³-hybridized carbons (Fsp3) is 0.333. The lowest BCUT2D eigenvalue weighted by molar-refractivity contribution is -0.151. The smallest absolute Gasteiger partial charge is 0.352 e. The zero-order valence-corrected chi connectivity index (χ0v) is 20.0. The number of aliphatic carboxylic acids is 1. The molecular formula is C18H18N6O8S3. The molecule has 1 aromatic carbocycles. The number of hydrogen-bond acceptors (Lipinski definition) is 11. The van der Waals surface area contributed by atoms with Gasteiger partial charge in [0.1, 0.15) is 17.1 Å². The number of fused-ring (bicyclic) bond motifs is 1. The summed E-state index contributed by atoms with van der Waals surface area (Å²) in [5, 5.41) is 32.4. The van der Waals surface area contributed by atoms with Crippen LogP contribution in [0.2, 0.25) is 0 Å². The SMILES string of the molecule is O=C(O)C1=C(CSc2nnnn2CS(=O)(=O)O)CSC2C(NC(=O)[C@H](O)c3ccccc3)C(=O)N12. The van der Waals surface area contributed by atoms with E-state index in [4.69, 9.17) is 4.55 Å². The van der Waals surface area contributed by atoms with E-state index >= 15 is 0 Å². The number of aliphatic hydroxyl groups is 1. The van der Waals surface area contributed by atoms with Crippen LogP contribution in [0, 0.1) is 0 Å². The average Bonchev–Trinajstić information content (AvgIpc) is 3.25. The van der Waals surface area contributed by atoms with Crippen molar-refractivity contribution in [3.05, 3.63) is 47.2 Å². The second-order valence-corrected chi connectivity index (χ2v) is 10.9. The third-order valence-corrected chi connectivity index (χ3v) is 8.03. The molecule has 3 atom stereocenters. The van der Waals surface area contributed by atoms with Crippen LogP contribution in [0.5, 0.6) is 0 Å². The van der Waals surface area contributed by atoms with Crippen LogP contribution in [0.1, 0.15) is 11.7 Å². The number of benzene rings is 1. The molecule has 4 rings (SSSR count). The Morgan fingerprint density at radius 2 is 2.00 bits per heavy atom. The number of nitrogens with one attached hydrogen (secondary N) is 1. The van der Waals surface area contributed by atoms with Gasteiger partial charge in [0, 0.05) is 11.5 Å². The lowest BCUT2D eigenvalue weighted by Crippen LogP contribution is -2.70. The van der Waals surface area contributed by atoms with Crippen LogP contribution in [0.3, 0.4) is 0 Å². The van der Waals surface area contributed by atoms with Crippen LogP contribution in [0.4, 0.5) is 0 Å². The Kier molecular flexibility index (Phi) is 7.13. The van der Waals surface area contributed by atoms with Gasteiger partial charge in [0.05, 0.1) is 0 Å². The summed E-state index contributed by atoms with van der Waals surface area (Å²) in [5.41, 5.74) is 0.480. The Hall–Kier alpha value is -2.99. The number of tetrazole rings is 1. The van der Waals surface area contributed by atoms with Crippen LogP contribution >= 0.6 is 23.5 Å². The van der Waals surface area contributed by atoms with E-state index in [0.717, 1.165) is 21.3 Å². The molecule has 2 amide bonds. The van der Waals surface area contributed by atoms with Gasteiger partial charge in [-0.15, -0.1) is 16.9 Å². The van der Waals surface area contributed by atoms with Crippen molar-refractivity contribution in [3.8, 4) is 0 Å². The summed E-state index contributed by atoms with van der Waals surface area (Å²) < 4.78 is 32.0. The number of aromatic nitrogens is 4. The van der Waals surface area contributed by atoms with E-state index in [1.165, 1.54) is 11.8 Å². The first-order valence-electron chi connectivity index (χ1n) is 9.84. The van der Waals surface area contributed by atoms with E-state index in [0.29, 0.717) is 11.1 Å². The van der Waals surface area contributed by atoms with Crippen molar-refractivity contribution in [1.29, 1.82) is 0 Å². The summed E-state index contributed by atoms with van der Waals surface area (Å²) in [6.07, 6.45) is -1.48.